The molecule has 31 heavy (non-hydrogen) atoms. The molecular formula is C28H34N2O. The van der Waals surface area contributed by atoms with Gasteiger partial charge in [-0.1, -0.05) is 86.6 Å². The summed E-state index contributed by atoms with van der Waals surface area (Å²) in [6.07, 6.45) is 1.12. The maximum absolute atomic E-state index is 5.65. The van der Waals surface area contributed by atoms with Crippen LogP contribution in [0.4, 0.5) is 0 Å². The van der Waals surface area contributed by atoms with Crippen molar-refractivity contribution >= 4 is 0 Å². The molecule has 0 aromatic heterocycles. The van der Waals surface area contributed by atoms with Crippen LogP contribution in [0, 0.1) is 0 Å². The molecule has 0 bridgehead atoms. The van der Waals surface area contributed by atoms with E-state index in [0.717, 1.165) is 25.3 Å². The maximum Gasteiger partial charge on any atom is 0.123 e. The van der Waals surface area contributed by atoms with E-state index in [4.69, 9.17) is 4.74 Å². The molecule has 2 N–H and O–H groups in total. The topological polar surface area (TPSA) is 33.3 Å². The van der Waals surface area contributed by atoms with Crippen molar-refractivity contribution in [3.05, 3.63) is 101 Å². The molecule has 3 nitrogen and oxygen atoms in total. The SMILES string of the molecule is COc1ccc(C(C)C)cc1CNC1CCNC1C(c1ccccc1)c1ccccc1. The van der Waals surface area contributed by atoms with Crippen LogP contribution in [0.15, 0.2) is 78.9 Å². The first-order valence-corrected chi connectivity index (χ1v) is 11.4. The molecule has 0 aliphatic carbocycles. The second kappa shape index (κ2) is 10.1. The zero-order valence-electron chi connectivity index (χ0n) is 18.8. The summed E-state index contributed by atoms with van der Waals surface area (Å²) in [4.78, 5) is 0. The highest BCUT2D eigenvalue weighted by Gasteiger charge is 2.35. The molecule has 1 fully saturated rings. The average molecular weight is 415 g/mol. The van der Waals surface area contributed by atoms with Gasteiger partial charge >= 0.3 is 0 Å². The van der Waals surface area contributed by atoms with E-state index in [2.05, 4.69) is 103 Å². The van der Waals surface area contributed by atoms with Gasteiger partial charge in [0.15, 0.2) is 0 Å². The largest absolute Gasteiger partial charge is 0.496 e. The number of methoxy groups -OCH3 is 1. The van der Waals surface area contributed by atoms with Gasteiger partial charge in [0.25, 0.3) is 0 Å². The molecule has 2 unspecified atom stereocenters. The van der Waals surface area contributed by atoms with Crippen molar-refractivity contribution in [1.29, 1.82) is 0 Å². The molecule has 0 radical (unpaired) electrons. The van der Waals surface area contributed by atoms with Crippen LogP contribution < -0.4 is 15.4 Å². The lowest BCUT2D eigenvalue weighted by atomic mass is 9.82. The van der Waals surface area contributed by atoms with E-state index in [1.807, 2.05) is 0 Å². The second-order valence-corrected chi connectivity index (χ2v) is 8.78. The molecule has 3 aromatic rings. The van der Waals surface area contributed by atoms with Crippen LogP contribution in [0.1, 0.15) is 54.4 Å². The Morgan fingerprint density at radius 2 is 1.55 bits per heavy atom. The van der Waals surface area contributed by atoms with Crippen LogP contribution in [0.5, 0.6) is 5.75 Å². The van der Waals surface area contributed by atoms with Gasteiger partial charge in [0, 0.05) is 30.1 Å². The molecule has 1 aliphatic heterocycles. The first-order valence-electron chi connectivity index (χ1n) is 11.4. The standard InChI is InChI=1S/C28H34N2O/c1-20(2)23-14-15-26(31-3)24(18-23)19-30-25-16-17-29-28(25)27(21-10-6-4-7-11-21)22-12-8-5-9-13-22/h4-15,18,20,25,27-30H,16-17,19H2,1-3H3. The molecular weight excluding hydrogens is 380 g/mol. The fraction of sp³-hybridized carbons (Fsp3) is 0.357. The van der Waals surface area contributed by atoms with Gasteiger partial charge in [-0.15, -0.1) is 0 Å². The van der Waals surface area contributed by atoms with Crippen LogP contribution in [0.3, 0.4) is 0 Å². The van der Waals surface area contributed by atoms with Crippen LogP contribution >= 0.6 is 0 Å². The van der Waals surface area contributed by atoms with Crippen molar-refractivity contribution in [2.45, 2.75) is 50.7 Å². The van der Waals surface area contributed by atoms with Crippen molar-refractivity contribution in [2.24, 2.45) is 0 Å². The fourth-order valence-corrected chi connectivity index (χ4v) is 4.77. The average Bonchev–Trinajstić information content (AvgIpc) is 3.27. The number of benzene rings is 3. The number of hydrogen-bond donors (Lipinski definition) is 2. The van der Waals surface area contributed by atoms with Crippen molar-refractivity contribution in [3.63, 3.8) is 0 Å². The summed E-state index contributed by atoms with van der Waals surface area (Å²) >= 11 is 0. The third-order valence-electron chi connectivity index (χ3n) is 6.47. The predicted octanol–water partition coefficient (Wildman–Crippen LogP) is 5.47. The summed E-state index contributed by atoms with van der Waals surface area (Å²) in [5.41, 5.74) is 5.30. The molecule has 2 atom stereocenters. The monoisotopic (exact) mass is 414 g/mol. The van der Waals surface area contributed by atoms with Gasteiger partial charge in [-0.05, 0) is 41.6 Å². The van der Waals surface area contributed by atoms with Gasteiger partial charge in [-0.3, -0.25) is 0 Å². The lowest BCUT2D eigenvalue weighted by molar-refractivity contribution is 0.393. The molecule has 0 spiro atoms. The van der Waals surface area contributed by atoms with E-state index in [1.165, 1.54) is 22.3 Å². The summed E-state index contributed by atoms with van der Waals surface area (Å²) in [5, 5.41) is 7.67. The Balaban J connectivity index is 1.58. The van der Waals surface area contributed by atoms with Gasteiger partial charge in [0.05, 0.1) is 7.11 Å². The van der Waals surface area contributed by atoms with Gasteiger partial charge in [-0.2, -0.15) is 0 Å². The summed E-state index contributed by atoms with van der Waals surface area (Å²) in [6, 6.07) is 29.1. The molecule has 1 heterocycles. The zero-order chi connectivity index (χ0) is 21.6. The van der Waals surface area contributed by atoms with Gasteiger partial charge in [-0.25, -0.2) is 0 Å². The normalized spacial score (nSPS) is 18.6. The molecule has 3 heteroatoms. The van der Waals surface area contributed by atoms with Crippen molar-refractivity contribution in [1.82, 2.24) is 10.6 Å². The Morgan fingerprint density at radius 3 is 2.13 bits per heavy atom. The second-order valence-electron chi connectivity index (χ2n) is 8.78. The lowest BCUT2D eigenvalue weighted by Crippen LogP contribution is -2.44. The zero-order valence-corrected chi connectivity index (χ0v) is 18.8. The van der Waals surface area contributed by atoms with Crippen LogP contribution in [-0.4, -0.2) is 25.7 Å². The Hall–Kier alpha value is -2.62. The van der Waals surface area contributed by atoms with Crippen molar-refractivity contribution in [2.75, 3.05) is 13.7 Å². The molecule has 4 rings (SSSR count). The summed E-state index contributed by atoms with van der Waals surface area (Å²) in [7, 11) is 1.76. The van der Waals surface area contributed by atoms with Crippen LogP contribution in [0.2, 0.25) is 0 Å². The third kappa shape index (κ3) is 5.00. The third-order valence-corrected chi connectivity index (χ3v) is 6.47. The first-order chi connectivity index (χ1) is 15.2. The minimum absolute atomic E-state index is 0.311. The number of rotatable bonds is 8. The molecule has 3 aromatic carbocycles. The Labute approximate surface area is 186 Å². The van der Waals surface area contributed by atoms with Crippen molar-refractivity contribution in [3.8, 4) is 5.75 Å². The fourth-order valence-electron chi connectivity index (χ4n) is 4.77. The molecule has 0 amide bonds. The van der Waals surface area contributed by atoms with E-state index in [1.54, 1.807) is 7.11 Å². The van der Waals surface area contributed by atoms with E-state index >= 15 is 0 Å². The Bertz CT molecular complexity index is 916. The van der Waals surface area contributed by atoms with E-state index in [-0.39, 0.29) is 0 Å². The number of ether oxygens (including phenoxy) is 1. The smallest absolute Gasteiger partial charge is 0.123 e. The van der Waals surface area contributed by atoms with Gasteiger partial charge in [0.2, 0.25) is 0 Å². The molecule has 1 saturated heterocycles. The van der Waals surface area contributed by atoms with Crippen LogP contribution in [0.25, 0.3) is 0 Å². The highest BCUT2D eigenvalue weighted by atomic mass is 16.5. The van der Waals surface area contributed by atoms with Gasteiger partial charge < -0.3 is 15.4 Å². The highest BCUT2D eigenvalue weighted by Crippen LogP contribution is 2.33. The minimum Gasteiger partial charge on any atom is -0.496 e. The number of nitrogens with one attached hydrogen (secondary N) is 2. The summed E-state index contributed by atoms with van der Waals surface area (Å²) < 4.78 is 5.65. The van der Waals surface area contributed by atoms with Gasteiger partial charge in [0.1, 0.15) is 5.75 Å². The molecule has 162 valence electrons. The maximum atomic E-state index is 5.65. The molecule has 0 saturated carbocycles. The Kier molecular flexibility index (Phi) is 7.06. The van der Waals surface area contributed by atoms with E-state index < -0.39 is 0 Å². The predicted molar refractivity (Wildman–Crippen MR) is 129 cm³/mol. The number of hydrogen-bond acceptors (Lipinski definition) is 3. The van der Waals surface area contributed by atoms with Crippen molar-refractivity contribution < 1.29 is 4.74 Å². The summed E-state index contributed by atoms with van der Waals surface area (Å²) in [5.74, 6) is 1.78. The van der Waals surface area contributed by atoms with Crippen LogP contribution in [-0.2, 0) is 6.54 Å². The highest BCUT2D eigenvalue weighted by molar-refractivity contribution is 5.39. The summed E-state index contributed by atoms with van der Waals surface area (Å²) in [6.45, 7) is 6.31. The van der Waals surface area contributed by atoms with E-state index in [9.17, 15) is 0 Å². The lowest BCUT2D eigenvalue weighted by Gasteiger charge is -2.30. The molecule has 1 aliphatic rings. The first kappa shape index (κ1) is 21.6. The van der Waals surface area contributed by atoms with E-state index in [0.29, 0.717) is 23.9 Å². The Morgan fingerprint density at radius 1 is 0.903 bits per heavy atom. The minimum atomic E-state index is 0.311. The quantitative estimate of drug-likeness (QED) is 0.513.